The number of rotatable bonds is 16. The highest BCUT2D eigenvalue weighted by atomic mass is 16.1. The number of unbranched alkanes of at least 4 members (excludes halogenated alkanes) is 11. The molecule has 4 N–H and O–H groups in total. The highest BCUT2D eigenvalue weighted by molar-refractivity contribution is 5.73. The molecular weight excluding hydrogens is 260 g/mol. The van der Waals surface area contributed by atoms with E-state index in [0.29, 0.717) is 6.42 Å². The maximum absolute atomic E-state index is 10.6. The summed E-state index contributed by atoms with van der Waals surface area (Å²) >= 11 is 0. The van der Waals surface area contributed by atoms with Crippen molar-refractivity contribution in [2.45, 2.75) is 89.9 Å². The Kier molecular flexibility index (Phi) is 16.5. The summed E-state index contributed by atoms with van der Waals surface area (Å²) in [4.78, 5) is 10.6. The van der Waals surface area contributed by atoms with Crippen LogP contribution in [-0.2, 0) is 4.79 Å². The number of nitrogens with two attached hydrogens (primary N) is 2. The molecule has 0 unspecified atom stereocenters. The molecule has 0 fully saturated rings. The summed E-state index contributed by atoms with van der Waals surface area (Å²) in [7, 11) is 0. The zero-order valence-corrected chi connectivity index (χ0v) is 13.8. The monoisotopic (exact) mass is 296 g/mol. The van der Waals surface area contributed by atoms with Crippen molar-refractivity contribution in [3.8, 4) is 0 Å². The molecule has 0 aliphatic heterocycles. The van der Waals surface area contributed by atoms with Gasteiger partial charge < -0.3 is 11.5 Å². The Morgan fingerprint density at radius 2 is 1.10 bits per heavy atom. The van der Waals surface area contributed by atoms with E-state index in [2.05, 4.69) is 12.2 Å². The predicted octanol–water partition coefficient (Wildman–Crippen LogP) is 4.45. The molecule has 0 saturated heterocycles. The van der Waals surface area contributed by atoms with Crippen LogP contribution in [0, 0.1) is 0 Å². The van der Waals surface area contributed by atoms with Crippen LogP contribution >= 0.6 is 0 Å². The van der Waals surface area contributed by atoms with Gasteiger partial charge in [-0.3, -0.25) is 4.79 Å². The van der Waals surface area contributed by atoms with E-state index in [4.69, 9.17) is 11.5 Å². The van der Waals surface area contributed by atoms with Gasteiger partial charge in [-0.15, -0.1) is 0 Å². The average molecular weight is 296 g/mol. The van der Waals surface area contributed by atoms with Gasteiger partial charge in [-0.25, -0.2) is 0 Å². The molecule has 0 aliphatic rings. The summed E-state index contributed by atoms with van der Waals surface area (Å²) in [5.41, 5.74) is 10.6. The maximum atomic E-state index is 10.6. The molecule has 0 rings (SSSR count). The quantitative estimate of drug-likeness (QED) is 0.326. The molecule has 21 heavy (non-hydrogen) atoms. The van der Waals surface area contributed by atoms with Crippen LogP contribution in [0.1, 0.15) is 89.9 Å². The normalized spacial score (nSPS) is 11.3. The number of amides is 1. The van der Waals surface area contributed by atoms with Gasteiger partial charge in [0.15, 0.2) is 0 Å². The Labute approximate surface area is 131 Å². The van der Waals surface area contributed by atoms with Gasteiger partial charge in [-0.1, -0.05) is 57.1 Å². The lowest BCUT2D eigenvalue weighted by Crippen LogP contribution is -2.09. The number of allylic oxidation sites excluding steroid dienone is 2. The maximum Gasteiger partial charge on any atom is 0.217 e. The molecule has 1 amide bonds. The zero-order valence-electron chi connectivity index (χ0n) is 13.8. The summed E-state index contributed by atoms with van der Waals surface area (Å²) in [6.45, 7) is 0.841. The van der Waals surface area contributed by atoms with Gasteiger partial charge in [0.25, 0.3) is 0 Å². The molecule has 0 aromatic heterocycles. The average Bonchev–Trinajstić information content (AvgIpc) is 2.46. The number of primary amides is 1. The smallest absolute Gasteiger partial charge is 0.217 e. The van der Waals surface area contributed by atoms with E-state index in [0.717, 1.165) is 19.4 Å². The van der Waals surface area contributed by atoms with E-state index < -0.39 is 0 Å². The van der Waals surface area contributed by atoms with Crippen molar-refractivity contribution in [2.75, 3.05) is 6.54 Å². The van der Waals surface area contributed by atoms with Gasteiger partial charge in [0.2, 0.25) is 5.91 Å². The molecule has 0 atom stereocenters. The van der Waals surface area contributed by atoms with E-state index in [1.807, 2.05) is 0 Å². The Bertz CT molecular complexity index is 252. The largest absolute Gasteiger partial charge is 0.370 e. The molecule has 0 aromatic rings. The first-order valence-electron chi connectivity index (χ1n) is 8.90. The molecule has 124 valence electrons. The SMILES string of the molecule is NCCCCCCCC/C=C\CCCCCCCC(N)=O. The summed E-state index contributed by atoms with van der Waals surface area (Å²) < 4.78 is 0. The highest BCUT2D eigenvalue weighted by Gasteiger charge is 1.94. The minimum atomic E-state index is -0.169. The second-order valence-electron chi connectivity index (χ2n) is 5.94. The Balaban J connectivity index is 3.07. The summed E-state index contributed by atoms with van der Waals surface area (Å²) in [6.07, 6.45) is 21.4. The second-order valence-corrected chi connectivity index (χ2v) is 5.94. The van der Waals surface area contributed by atoms with Gasteiger partial charge in [-0.2, -0.15) is 0 Å². The molecule has 0 aromatic carbocycles. The Hall–Kier alpha value is -0.830. The highest BCUT2D eigenvalue weighted by Crippen LogP contribution is 2.09. The summed E-state index contributed by atoms with van der Waals surface area (Å²) in [5, 5.41) is 0. The second kappa shape index (κ2) is 17.2. The number of hydrogen-bond donors (Lipinski definition) is 2. The van der Waals surface area contributed by atoms with Crippen LogP contribution < -0.4 is 11.5 Å². The topological polar surface area (TPSA) is 69.1 Å². The minimum absolute atomic E-state index is 0.169. The van der Waals surface area contributed by atoms with Crippen molar-refractivity contribution >= 4 is 5.91 Å². The molecule has 3 nitrogen and oxygen atoms in total. The van der Waals surface area contributed by atoms with Gasteiger partial charge in [0, 0.05) is 6.42 Å². The van der Waals surface area contributed by atoms with Crippen molar-refractivity contribution < 1.29 is 4.79 Å². The Morgan fingerprint density at radius 3 is 1.57 bits per heavy atom. The molecule has 0 saturated carbocycles. The molecule has 0 heterocycles. The summed E-state index contributed by atoms with van der Waals surface area (Å²) in [6, 6.07) is 0. The molecule has 0 aliphatic carbocycles. The minimum Gasteiger partial charge on any atom is -0.370 e. The van der Waals surface area contributed by atoms with Crippen LogP contribution in [-0.4, -0.2) is 12.5 Å². The van der Waals surface area contributed by atoms with Crippen molar-refractivity contribution in [3.05, 3.63) is 12.2 Å². The fraction of sp³-hybridized carbons (Fsp3) is 0.833. The number of carbonyl (C=O) groups is 1. The first-order valence-corrected chi connectivity index (χ1v) is 8.90. The van der Waals surface area contributed by atoms with Gasteiger partial charge in [-0.05, 0) is 45.1 Å². The van der Waals surface area contributed by atoms with Gasteiger partial charge in [0.05, 0.1) is 0 Å². The van der Waals surface area contributed by atoms with Crippen molar-refractivity contribution in [3.63, 3.8) is 0 Å². The van der Waals surface area contributed by atoms with E-state index >= 15 is 0 Å². The molecular formula is C18H36N2O. The van der Waals surface area contributed by atoms with Crippen LogP contribution in [0.2, 0.25) is 0 Å². The first kappa shape index (κ1) is 20.2. The fourth-order valence-electron chi connectivity index (χ4n) is 2.44. The zero-order chi connectivity index (χ0) is 15.6. The predicted molar refractivity (Wildman–Crippen MR) is 92.0 cm³/mol. The van der Waals surface area contributed by atoms with Gasteiger partial charge >= 0.3 is 0 Å². The van der Waals surface area contributed by atoms with Crippen molar-refractivity contribution in [2.24, 2.45) is 11.5 Å². The molecule has 0 bridgehead atoms. The van der Waals surface area contributed by atoms with E-state index in [1.165, 1.54) is 70.6 Å². The third kappa shape index (κ3) is 19.2. The van der Waals surface area contributed by atoms with Gasteiger partial charge in [0.1, 0.15) is 0 Å². The van der Waals surface area contributed by atoms with Crippen LogP contribution in [0.4, 0.5) is 0 Å². The van der Waals surface area contributed by atoms with Crippen LogP contribution in [0.3, 0.4) is 0 Å². The van der Waals surface area contributed by atoms with E-state index in [1.54, 1.807) is 0 Å². The number of carbonyl (C=O) groups excluding carboxylic acids is 1. The lowest BCUT2D eigenvalue weighted by Gasteiger charge is -1.99. The van der Waals surface area contributed by atoms with E-state index in [-0.39, 0.29) is 5.91 Å². The number of hydrogen-bond acceptors (Lipinski definition) is 2. The van der Waals surface area contributed by atoms with Crippen LogP contribution in [0.25, 0.3) is 0 Å². The third-order valence-corrected chi connectivity index (χ3v) is 3.79. The lowest BCUT2D eigenvalue weighted by atomic mass is 10.1. The summed E-state index contributed by atoms with van der Waals surface area (Å²) in [5.74, 6) is -0.169. The Morgan fingerprint density at radius 1 is 0.667 bits per heavy atom. The van der Waals surface area contributed by atoms with E-state index in [9.17, 15) is 4.79 Å². The van der Waals surface area contributed by atoms with Crippen LogP contribution in [0.15, 0.2) is 12.2 Å². The van der Waals surface area contributed by atoms with Crippen molar-refractivity contribution in [1.29, 1.82) is 0 Å². The van der Waals surface area contributed by atoms with Crippen molar-refractivity contribution in [1.82, 2.24) is 0 Å². The molecule has 0 radical (unpaired) electrons. The molecule has 3 heteroatoms. The lowest BCUT2D eigenvalue weighted by molar-refractivity contribution is -0.118. The molecule has 0 spiro atoms. The van der Waals surface area contributed by atoms with Crippen LogP contribution in [0.5, 0.6) is 0 Å². The standard InChI is InChI=1S/C18H36N2O/c19-17-15-13-11-9-7-5-3-1-2-4-6-8-10-12-14-16-18(20)21/h1-2H,3-17,19H2,(H2,20,21)/b2-1-. The fourth-order valence-corrected chi connectivity index (χ4v) is 2.44. The first-order chi connectivity index (χ1) is 10.3. The third-order valence-electron chi connectivity index (χ3n) is 3.79.